The number of carbonyl (C=O) groups excluding carboxylic acids is 1. The fourth-order valence-electron chi connectivity index (χ4n) is 1.11. The van der Waals surface area contributed by atoms with Crippen LogP contribution in [0.5, 0.6) is 0 Å². The molecule has 1 aromatic rings. The number of hydrogen-bond acceptors (Lipinski definition) is 3. The summed E-state index contributed by atoms with van der Waals surface area (Å²) < 4.78 is 0. The Labute approximate surface area is 80.9 Å². The fraction of sp³-hybridized carbons (Fsp3) is 0.200. The van der Waals surface area contributed by atoms with Gasteiger partial charge in [-0.05, 0) is 24.1 Å². The van der Waals surface area contributed by atoms with Crippen molar-refractivity contribution in [1.82, 2.24) is 0 Å². The molecule has 0 aliphatic carbocycles. The summed E-state index contributed by atoms with van der Waals surface area (Å²) in [4.78, 5) is 23.9. The van der Waals surface area contributed by atoms with Gasteiger partial charge in [0.15, 0.2) is 0 Å². The molecule has 14 heavy (non-hydrogen) atoms. The molecular formula is C10H9NO3. The lowest BCUT2D eigenvalue weighted by Gasteiger charge is -2.01. The van der Waals surface area contributed by atoms with Gasteiger partial charge in [0, 0.05) is 0 Å². The summed E-state index contributed by atoms with van der Waals surface area (Å²) in [6, 6.07) is 5.01. The monoisotopic (exact) mass is 191 g/mol. The standard InChI is InChI=1S/C10H9NO3/c1-7-2-3-8(5-10(13)14)4-9(7)11-6-12/h2-4H,5H2,1H3,(H,13,14). The Hall–Kier alpha value is -1.93. The molecule has 1 rings (SSSR count). The van der Waals surface area contributed by atoms with E-state index < -0.39 is 5.97 Å². The Balaban J connectivity index is 3.05. The number of benzene rings is 1. The first-order valence-electron chi connectivity index (χ1n) is 4.02. The van der Waals surface area contributed by atoms with Crippen molar-refractivity contribution in [1.29, 1.82) is 0 Å². The van der Waals surface area contributed by atoms with Crippen LogP contribution in [-0.4, -0.2) is 17.2 Å². The van der Waals surface area contributed by atoms with E-state index in [2.05, 4.69) is 4.99 Å². The van der Waals surface area contributed by atoms with E-state index >= 15 is 0 Å². The lowest BCUT2D eigenvalue weighted by atomic mass is 10.1. The molecule has 0 bridgehead atoms. The fourth-order valence-corrected chi connectivity index (χ4v) is 1.11. The molecular weight excluding hydrogens is 182 g/mol. The number of aliphatic imine (C=N–C) groups is 1. The van der Waals surface area contributed by atoms with Crippen molar-refractivity contribution < 1.29 is 14.7 Å². The van der Waals surface area contributed by atoms with E-state index in [1.165, 1.54) is 6.08 Å². The Morgan fingerprint density at radius 2 is 2.29 bits per heavy atom. The van der Waals surface area contributed by atoms with Crippen LogP contribution in [0.3, 0.4) is 0 Å². The average Bonchev–Trinajstić information content (AvgIpc) is 2.10. The predicted octanol–water partition coefficient (Wildman–Crippen LogP) is 1.59. The van der Waals surface area contributed by atoms with Crippen LogP contribution in [0.2, 0.25) is 0 Å². The summed E-state index contributed by atoms with van der Waals surface area (Å²) >= 11 is 0. The smallest absolute Gasteiger partial charge is 0.307 e. The number of nitrogens with zero attached hydrogens (tertiary/aromatic N) is 1. The van der Waals surface area contributed by atoms with Gasteiger partial charge in [0.1, 0.15) is 0 Å². The van der Waals surface area contributed by atoms with Gasteiger partial charge in [-0.2, -0.15) is 4.99 Å². The van der Waals surface area contributed by atoms with E-state index in [4.69, 9.17) is 5.11 Å². The highest BCUT2D eigenvalue weighted by Gasteiger charge is 2.03. The summed E-state index contributed by atoms with van der Waals surface area (Å²) in [5, 5.41) is 8.55. The van der Waals surface area contributed by atoms with Crippen LogP contribution in [0.25, 0.3) is 0 Å². The van der Waals surface area contributed by atoms with Crippen LogP contribution in [0.4, 0.5) is 5.69 Å². The first kappa shape index (κ1) is 10.2. The zero-order valence-electron chi connectivity index (χ0n) is 7.65. The van der Waals surface area contributed by atoms with Crippen LogP contribution >= 0.6 is 0 Å². The van der Waals surface area contributed by atoms with Gasteiger partial charge in [-0.3, -0.25) is 4.79 Å². The molecule has 0 saturated heterocycles. The third-order valence-electron chi connectivity index (χ3n) is 1.79. The number of rotatable bonds is 3. The van der Waals surface area contributed by atoms with Gasteiger partial charge < -0.3 is 5.11 Å². The maximum atomic E-state index is 10.4. The highest BCUT2D eigenvalue weighted by molar-refractivity contribution is 5.71. The Morgan fingerprint density at radius 1 is 1.57 bits per heavy atom. The molecule has 0 unspecified atom stereocenters. The number of carboxylic acid groups (broad SMARTS) is 1. The average molecular weight is 191 g/mol. The molecule has 0 heterocycles. The lowest BCUT2D eigenvalue weighted by molar-refractivity contribution is -0.136. The Morgan fingerprint density at radius 3 is 2.86 bits per heavy atom. The van der Waals surface area contributed by atoms with Gasteiger partial charge in [-0.1, -0.05) is 12.1 Å². The predicted molar refractivity (Wildman–Crippen MR) is 50.3 cm³/mol. The minimum absolute atomic E-state index is 0.0678. The second kappa shape index (κ2) is 4.35. The van der Waals surface area contributed by atoms with E-state index in [9.17, 15) is 9.59 Å². The third kappa shape index (κ3) is 2.54. The van der Waals surface area contributed by atoms with Crippen molar-refractivity contribution >= 4 is 17.7 Å². The van der Waals surface area contributed by atoms with Gasteiger partial charge in [0.2, 0.25) is 6.08 Å². The topological polar surface area (TPSA) is 66.7 Å². The molecule has 0 radical (unpaired) electrons. The summed E-state index contributed by atoms with van der Waals surface area (Å²) in [7, 11) is 0. The molecule has 0 spiro atoms. The first-order chi connectivity index (χ1) is 6.63. The van der Waals surface area contributed by atoms with Crippen LogP contribution in [0, 0.1) is 6.92 Å². The minimum atomic E-state index is -0.908. The van der Waals surface area contributed by atoms with Crippen molar-refractivity contribution in [2.75, 3.05) is 0 Å². The maximum absolute atomic E-state index is 10.4. The normalized spacial score (nSPS) is 9.21. The van der Waals surface area contributed by atoms with Crippen molar-refractivity contribution in [3.8, 4) is 0 Å². The maximum Gasteiger partial charge on any atom is 0.307 e. The molecule has 4 nitrogen and oxygen atoms in total. The number of aryl methyl sites for hydroxylation is 1. The quantitative estimate of drug-likeness (QED) is 0.582. The largest absolute Gasteiger partial charge is 0.481 e. The number of carboxylic acids is 1. The van der Waals surface area contributed by atoms with Gasteiger partial charge in [0.05, 0.1) is 12.1 Å². The van der Waals surface area contributed by atoms with E-state index in [0.29, 0.717) is 11.3 Å². The van der Waals surface area contributed by atoms with Gasteiger partial charge >= 0.3 is 5.97 Å². The highest BCUT2D eigenvalue weighted by Crippen LogP contribution is 2.19. The second-order valence-electron chi connectivity index (χ2n) is 2.89. The number of hydrogen-bond donors (Lipinski definition) is 1. The number of aliphatic carboxylic acids is 1. The number of carbonyl (C=O) groups is 1. The molecule has 0 aromatic heterocycles. The Kier molecular flexibility index (Phi) is 3.15. The molecule has 0 aliphatic heterocycles. The molecule has 1 N–H and O–H groups in total. The molecule has 0 aliphatic rings. The molecule has 0 fully saturated rings. The van der Waals surface area contributed by atoms with E-state index in [0.717, 1.165) is 5.56 Å². The van der Waals surface area contributed by atoms with Gasteiger partial charge in [0.25, 0.3) is 0 Å². The summed E-state index contributed by atoms with van der Waals surface area (Å²) in [5.41, 5.74) is 1.92. The van der Waals surface area contributed by atoms with Gasteiger partial charge in [-0.25, -0.2) is 4.79 Å². The van der Waals surface area contributed by atoms with Crippen LogP contribution in [0.1, 0.15) is 11.1 Å². The second-order valence-corrected chi connectivity index (χ2v) is 2.89. The SMILES string of the molecule is Cc1ccc(CC(=O)O)cc1N=C=O. The molecule has 0 saturated carbocycles. The summed E-state index contributed by atoms with van der Waals surface area (Å²) in [5.74, 6) is -0.908. The molecule has 72 valence electrons. The van der Waals surface area contributed by atoms with Crippen molar-refractivity contribution in [3.05, 3.63) is 29.3 Å². The molecule has 4 heteroatoms. The van der Waals surface area contributed by atoms with Gasteiger partial charge in [-0.15, -0.1) is 0 Å². The van der Waals surface area contributed by atoms with E-state index in [1.54, 1.807) is 25.1 Å². The third-order valence-corrected chi connectivity index (χ3v) is 1.79. The zero-order valence-corrected chi connectivity index (χ0v) is 7.65. The zero-order chi connectivity index (χ0) is 10.6. The first-order valence-corrected chi connectivity index (χ1v) is 4.02. The van der Waals surface area contributed by atoms with Crippen molar-refractivity contribution in [2.24, 2.45) is 4.99 Å². The Bertz CT molecular complexity index is 406. The summed E-state index contributed by atoms with van der Waals surface area (Å²) in [6.07, 6.45) is 1.37. The molecule has 0 atom stereocenters. The summed E-state index contributed by atoms with van der Waals surface area (Å²) in [6.45, 7) is 1.79. The van der Waals surface area contributed by atoms with E-state index in [-0.39, 0.29) is 6.42 Å². The minimum Gasteiger partial charge on any atom is -0.481 e. The van der Waals surface area contributed by atoms with Crippen LogP contribution < -0.4 is 0 Å². The van der Waals surface area contributed by atoms with Crippen LogP contribution in [0.15, 0.2) is 23.2 Å². The molecule has 1 aromatic carbocycles. The van der Waals surface area contributed by atoms with E-state index in [1.807, 2.05) is 0 Å². The lowest BCUT2D eigenvalue weighted by Crippen LogP contribution is -1.99. The van der Waals surface area contributed by atoms with Crippen molar-refractivity contribution in [3.63, 3.8) is 0 Å². The highest BCUT2D eigenvalue weighted by atomic mass is 16.4. The molecule has 0 amide bonds. The van der Waals surface area contributed by atoms with Crippen molar-refractivity contribution in [2.45, 2.75) is 13.3 Å². The van der Waals surface area contributed by atoms with Crippen LogP contribution in [-0.2, 0) is 16.0 Å². The number of isocyanates is 1.